The predicted octanol–water partition coefficient (Wildman–Crippen LogP) is 37.1. The lowest BCUT2D eigenvalue weighted by Gasteiger charge is -2.26. The zero-order valence-corrected chi connectivity index (χ0v) is 87.0. The van der Waals surface area contributed by atoms with Gasteiger partial charge in [0.2, 0.25) is 0 Å². The number of ether oxygens (including phenoxy) is 1. The van der Waals surface area contributed by atoms with Crippen LogP contribution in [0.3, 0.4) is 0 Å². The van der Waals surface area contributed by atoms with Gasteiger partial charge in [-0.1, -0.05) is 222 Å². The number of benzene rings is 6. The molecule has 1 unspecified atom stereocenters. The highest BCUT2D eigenvalue weighted by atomic mass is 32.1. The second kappa shape index (κ2) is 43.4. The van der Waals surface area contributed by atoms with Crippen molar-refractivity contribution in [2.45, 2.75) is 128 Å². The second-order valence-electron chi connectivity index (χ2n) is 34.1. The Bertz CT molecular complexity index is 6950. The smallest absolute Gasteiger partial charge is 0.303 e. The van der Waals surface area contributed by atoms with Gasteiger partial charge in [0, 0.05) is 150 Å². The summed E-state index contributed by atoms with van der Waals surface area (Å²) in [4.78, 5) is 82.3. The molecule has 0 aliphatic heterocycles. The van der Waals surface area contributed by atoms with E-state index in [1.165, 1.54) is 143 Å². The van der Waals surface area contributed by atoms with Gasteiger partial charge in [0.25, 0.3) is 5.97 Å². The van der Waals surface area contributed by atoms with E-state index < -0.39 is 5.97 Å². The summed E-state index contributed by atoms with van der Waals surface area (Å²) in [6, 6.07) is 103. The molecule has 10 nitrogen and oxygen atoms in total. The molecular weight excluding hydrogens is 1890 g/mol. The molecule has 1 atom stereocenters. The Morgan fingerprint density at radius 3 is 0.704 bits per heavy atom. The Balaban J connectivity index is 0.000000127. The summed E-state index contributed by atoms with van der Waals surface area (Å²) in [6.07, 6.45) is 6.01. The number of nitrogens with zero attached hydrogens (tertiary/aromatic N) is 6. The molecule has 0 fully saturated rings. The molecule has 0 bridgehead atoms. The van der Waals surface area contributed by atoms with Crippen molar-refractivity contribution >= 4 is 181 Å². The summed E-state index contributed by atoms with van der Waals surface area (Å²) in [5, 5.41) is 7.42. The largest absolute Gasteiger partial charge is 0.481 e. The van der Waals surface area contributed by atoms with E-state index in [1.54, 1.807) is 34.0 Å². The van der Waals surface area contributed by atoms with E-state index in [2.05, 4.69) is 317 Å². The SMILES string of the molecule is CC(=O)O.CC(=O)OC(C)(C)CCC(C)CCCC(C)C.Cc1ccc(-c2ccc(-c3ccc(-c4sc(C)c5nc(-c6ccccc6)c(-c6ccccc6)nc45)s3)s2)s1.Cc1ccc(-c2ccc(-c3ccc(-c4sc(C)c5nc(-c6ccccc6)c(-c6ccccc6)nc45)s3)s2)s1.Cc1ccc(-c2ccc(-c3ccc(-c4sc(C)c5nc(-c6ccccc6)c(-c6ccccc6)nc45)s3)s2)s1. The lowest BCUT2D eigenvalue weighted by Crippen LogP contribution is -2.27. The first-order valence-corrected chi connectivity index (χ1v) is 54.6. The van der Waals surface area contributed by atoms with Crippen LogP contribution in [0, 0.1) is 53.4 Å². The highest BCUT2D eigenvalue weighted by Crippen LogP contribution is 2.52. The molecule has 678 valence electrons. The van der Waals surface area contributed by atoms with E-state index in [4.69, 9.17) is 44.5 Å². The lowest BCUT2D eigenvalue weighted by molar-refractivity contribution is -0.154. The first-order chi connectivity index (χ1) is 65.4. The van der Waals surface area contributed by atoms with Crippen molar-refractivity contribution in [2.75, 3.05) is 0 Å². The Morgan fingerprint density at radius 2 is 0.489 bits per heavy atom. The van der Waals surface area contributed by atoms with Gasteiger partial charge in [0.1, 0.15) is 38.7 Å². The molecule has 1 N–H and O–H groups in total. The second-order valence-corrected chi connectivity index (χ2v) is 48.1. The predicted molar refractivity (Wildman–Crippen MR) is 589 cm³/mol. The van der Waals surface area contributed by atoms with Crippen LogP contribution < -0.4 is 0 Å². The summed E-state index contributed by atoms with van der Waals surface area (Å²) in [6.45, 7) is 26.4. The highest BCUT2D eigenvalue weighted by Gasteiger charge is 2.28. The normalized spacial score (nSPS) is 11.6. The lowest BCUT2D eigenvalue weighted by atomic mass is 9.91. The molecule has 0 aliphatic carbocycles. The van der Waals surface area contributed by atoms with Crippen LogP contribution in [0.15, 0.2) is 291 Å². The molecule has 0 radical (unpaired) electrons. The van der Waals surface area contributed by atoms with Crippen LogP contribution in [-0.4, -0.2) is 52.6 Å². The fourth-order valence-corrected chi connectivity index (χ4v) is 28.5. The minimum atomic E-state index is -0.833. The van der Waals surface area contributed by atoms with Crippen molar-refractivity contribution in [3.63, 3.8) is 0 Å². The van der Waals surface area contributed by atoms with E-state index in [1.807, 2.05) is 152 Å². The molecule has 0 saturated heterocycles. The maximum Gasteiger partial charge on any atom is 0.303 e. The molecule has 21 rings (SSSR count). The van der Waals surface area contributed by atoms with Crippen LogP contribution in [0.25, 0.3) is 188 Å². The minimum Gasteiger partial charge on any atom is -0.481 e. The van der Waals surface area contributed by atoms with E-state index in [0.29, 0.717) is 0 Å². The Labute approximate surface area is 837 Å². The highest BCUT2D eigenvalue weighted by molar-refractivity contribution is 7.31. The number of carboxylic acid groups (broad SMARTS) is 1. The number of fused-ring (bicyclic) bond motifs is 3. The van der Waals surface area contributed by atoms with Crippen LogP contribution in [0.5, 0.6) is 0 Å². The summed E-state index contributed by atoms with van der Waals surface area (Å²) in [7, 11) is 0. The van der Waals surface area contributed by atoms with Crippen LogP contribution in [0.4, 0.5) is 0 Å². The maximum atomic E-state index is 10.9. The van der Waals surface area contributed by atoms with Gasteiger partial charge in [-0.3, -0.25) is 9.59 Å². The molecule has 15 aromatic heterocycles. The van der Waals surface area contributed by atoms with Gasteiger partial charge in [-0.15, -0.1) is 136 Å². The molecule has 6 aromatic carbocycles. The molecule has 15 heterocycles. The summed E-state index contributed by atoms with van der Waals surface area (Å²) < 4.78 is 5.29. The number of aryl methyl sites for hydroxylation is 6. The number of thiophene rings is 12. The van der Waals surface area contributed by atoms with Gasteiger partial charge >= 0.3 is 5.97 Å². The van der Waals surface area contributed by atoms with Gasteiger partial charge in [-0.2, -0.15) is 0 Å². The average Bonchev–Trinajstić information content (AvgIpc) is 1.62. The van der Waals surface area contributed by atoms with Crippen molar-refractivity contribution in [2.24, 2.45) is 11.8 Å². The van der Waals surface area contributed by atoms with E-state index in [9.17, 15) is 4.79 Å². The van der Waals surface area contributed by atoms with Gasteiger partial charge in [0.15, 0.2) is 0 Å². The fraction of sp³-hybridized carbons (Fsp3) is 0.186. The molecule has 0 amide bonds. The number of carbonyl (C=O) groups excluding carboxylic acids is 1. The molecule has 0 spiro atoms. The van der Waals surface area contributed by atoms with Gasteiger partial charge < -0.3 is 9.84 Å². The summed E-state index contributed by atoms with van der Waals surface area (Å²) in [5.41, 5.74) is 17.7. The maximum absolute atomic E-state index is 10.9. The van der Waals surface area contributed by atoms with Gasteiger partial charge in [-0.05, 0) is 189 Å². The summed E-state index contributed by atoms with van der Waals surface area (Å²) >= 11 is 22.1. The monoisotopic (exact) mass is 1990 g/mol. The summed E-state index contributed by atoms with van der Waals surface area (Å²) in [5.74, 6) is 0.519. The number of carboxylic acids is 1. The number of hydrogen-bond donors (Lipinski definition) is 1. The Morgan fingerprint density at radius 1 is 0.281 bits per heavy atom. The zero-order chi connectivity index (χ0) is 94.0. The number of carbonyl (C=O) groups is 2. The van der Waals surface area contributed by atoms with Crippen molar-refractivity contribution in [1.82, 2.24) is 29.9 Å². The van der Waals surface area contributed by atoms with Crippen LogP contribution in [0.1, 0.15) is 110 Å². The average molecular weight is 1990 g/mol. The standard InChI is InChI=1S/3C32H22N2S4.C15H30O2.C2H4O2/c3*1-19-13-14-23(35-19)24-15-16-25(37-24)26-17-18-27(38-26)32-31-28(20(2)36-32)33-29(21-9-5-3-6-10-21)30(34-31)22-11-7-4-8-12-22;1-12(2)8-7-9-13(3)10-11-15(5,6)17-14(4)16;1-2(3)4/h3*3-18H,1-2H3;12-13H,7-11H2,1-6H3;1H3,(H,3,4). The first kappa shape index (κ1) is 95.4. The molecule has 135 heavy (non-hydrogen) atoms. The van der Waals surface area contributed by atoms with E-state index >= 15 is 0 Å². The van der Waals surface area contributed by atoms with E-state index in [-0.39, 0.29) is 11.6 Å². The van der Waals surface area contributed by atoms with Crippen molar-refractivity contribution in [1.29, 1.82) is 0 Å². The minimum absolute atomic E-state index is 0.178. The van der Waals surface area contributed by atoms with Gasteiger partial charge in [0.05, 0.1) is 48.8 Å². The first-order valence-electron chi connectivity index (χ1n) is 44.8. The third-order valence-electron chi connectivity index (χ3n) is 22.5. The van der Waals surface area contributed by atoms with Gasteiger partial charge in [-0.25, -0.2) is 29.9 Å². The quantitative estimate of drug-likeness (QED) is 0.0615. The van der Waals surface area contributed by atoms with Crippen molar-refractivity contribution in [3.8, 4) is 155 Å². The Hall–Kier alpha value is -11.3. The Kier molecular flexibility index (Phi) is 30.6. The molecule has 0 saturated carbocycles. The molecule has 0 aliphatic rings. The van der Waals surface area contributed by atoms with Crippen LogP contribution in [-0.2, 0) is 14.3 Å². The van der Waals surface area contributed by atoms with Crippen LogP contribution >= 0.6 is 136 Å². The molecule has 22 heteroatoms. The topological polar surface area (TPSA) is 141 Å². The number of hydrogen-bond acceptors (Lipinski definition) is 21. The fourth-order valence-electron chi connectivity index (χ4n) is 15.9. The molecule has 21 aromatic rings. The zero-order valence-electron chi connectivity index (χ0n) is 77.2. The number of rotatable bonds is 23. The third kappa shape index (κ3) is 23.0. The van der Waals surface area contributed by atoms with Crippen molar-refractivity contribution in [3.05, 3.63) is 320 Å². The number of aromatic nitrogens is 6. The third-order valence-corrected chi connectivity index (χ3v) is 37.0. The number of esters is 1. The molecular formula is C113H100N6O4S12. The van der Waals surface area contributed by atoms with E-state index in [0.717, 1.165) is 132 Å². The number of aliphatic carboxylic acids is 1. The van der Waals surface area contributed by atoms with Crippen LogP contribution in [0.2, 0.25) is 0 Å². The van der Waals surface area contributed by atoms with Crippen molar-refractivity contribution < 1.29 is 19.4 Å².